The van der Waals surface area contributed by atoms with Crippen LogP contribution in [0.2, 0.25) is 0 Å². The number of quaternary nitrogens is 1. The fourth-order valence-electron chi connectivity index (χ4n) is 6.12. The normalized spacial score (nSPS) is 12.4. The van der Waals surface area contributed by atoms with E-state index in [-0.39, 0.29) is 30.8 Å². The Hall–Kier alpha value is -1.33. The lowest BCUT2D eigenvalue weighted by Gasteiger charge is -2.28. The molecule has 0 saturated carbocycles. The number of carbonyl (C=O) groups is 2. The molecule has 0 radical (unpaired) electrons. The van der Waals surface area contributed by atoms with E-state index in [0.29, 0.717) is 24.1 Å². The van der Waals surface area contributed by atoms with Gasteiger partial charge in [0.05, 0.1) is 34.2 Å². The van der Waals surface area contributed by atoms with Crippen molar-refractivity contribution in [2.45, 2.75) is 206 Å². The van der Waals surface area contributed by atoms with E-state index in [9.17, 15) is 9.59 Å². The average Bonchev–Trinajstić information content (AvgIpc) is 3.03. The Morgan fingerprint density at radius 1 is 0.510 bits per heavy atom. The molecule has 0 amide bonds. The van der Waals surface area contributed by atoms with Crippen LogP contribution in [0.15, 0.2) is 24.3 Å². The Bertz CT molecular complexity index is 776. The number of hydrogen-bond acceptors (Lipinski definition) is 4. The number of ether oxygens (including phenoxy) is 2. The second-order valence-corrected chi connectivity index (χ2v) is 15.3. The Labute approximate surface area is 311 Å². The van der Waals surface area contributed by atoms with Crippen molar-refractivity contribution in [1.29, 1.82) is 0 Å². The van der Waals surface area contributed by atoms with Crippen molar-refractivity contribution in [2.75, 3.05) is 34.3 Å². The zero-order valence-electron chi connectivity index (χ0n) is 33.3. The Kier molecular flexibility index (Phi) is 38.5. The molecule has 1 unspecified atom stereocenters. The third-order valence-corrected chi connectivity index (χ3v) is 9.01. The molecule has 0 N–H and O–H groups in total. The van der Waals surface area contributed by atoms with Gasteiger partial charge in [0.1, 0.15) is 6.54 Å². The summed E-state index contributed by atoms with van der Waals surface area (Å²) in [5.41, 5.74) is 0. The van der Waals surface area contributed by atoms with E-state index < -0.39 is 6.10 Å². The van der Waals surface area contributed by atoms with Crippen molar-refractivity contribution in [2.24, 2.45) is 0 Å². The summed E-state index contributed by atoms with van der Waals surface area (Å²) in [7, 11) is 6.17. The van der Waals surface area contributed by atoms with Crippen LogP contribution in [0.3, 0.4) is 0 Å². The second kappa shape index (κ2) is 37.9. The number of halogens is 1. The molecular formula is C43H82ClNO4. The topological polar surface area (TPSA) is 52.6 Å². The van der Waals surface area contributed by atoms with E-state index in [4.69, 9.17) is 9.47 Å². The van der Waals surface area contributed by atoms with Crippen molar-refractivity contribution in [3.8, 4) is 0 Å². The second-order valence-electron chi connectivity index (χ2n) is 15.3. The molecule has 1 atom stereocenters. The van der Waals surface area contributed by atoms with Crippen LogP contribution in [0.4, 0.5) is 0 Å². The van der Waals surface area contributed by atoms with Crippen molar-refractivity contribution in [1.82, 2.24) is 0 Å². The van der Waals surface area contributed by atoms with E-state index in [0.717, 1.165) is 38.5 Å². The minimum absolute atomic E-state index is 0. The molecule has 0 aliphatic carbocycles. The number of esters is 2. The maximum atomic E-state index is 12.6. The Morgan fingerprint density at radius 2 is 0.878 bits per heavy atom. The lowest BCUT2D eigenvalue weighted by Crippen LogP contribution is -3.00. The van der Waals surface area contributed by atoms with Crippen LogP contribution in [-0.4, -0.2) is 56.8 Å². The molecule has 0 aromatic heterocycles. The summed E-state index contributed by atoms with van der Waals surface area (Å²) in [4.78, 5) is 25.1. The summed E-state index contributed by atoms with van der Waals surface area (Å²) in [5.74, 6) is -0.442. The number of likely N-dealkylation sites (N-methyl/N-ethyl adjacent to an activating group) is 1. The number of nitrogens with zero attached hydrogens (tertiary/aromatic N) is 1. The lowest BCUT2D eigenvalue weighted by atomic mass is 10.1. The maximum Gasteiger partial charge on any atom is 0.309 e. The zero-order chi connectivity index (χ0) is 35.4. The summed E-state index contributed by atoms with van der Waals surface area (Å²) in [6.45, 7) is 5.59. The first kappa shape index (κ1) is 49.8. The maximum absolute atomic E-state index is 12.6. The number of carbonyl (C=O) groups excluding carboxylic acids is 2. The fourth-order valence-corrected chi connectivity index (χ4v) is 6.12. The molecule has 0 heterocycles. The molecule has 0 bridgehead atoms. The van der Waals surface area contributed by atoms with E-state index in [1.54, 1.807) is 0 Å². The van der Waals surface area contributed by atoms with Crippen molar-refractivity contribution in [3.63, 3.8) is 0 Å². The van der Waals surface area contributed by atoms with Crippen molar-refractivity contribution in [3.05, 3.63) is 24.3 Å². The van der Waals surface area contributed by atoms with E-state index >= 15 is 0 Å². The lowest BCUT2D eigenvalue weighted by molar-refractivity contribution is -0.873. The highest BCUT2D eigenvalue weighted by Gasteiger charge is 2.25. The summed E-state index contributed by atoms with van der Waals surface area (Å²) in [6.07, 6.45) is 43.3. The van der Waals surface area contributed by atoms with Gasteiger partial charge in [-0.05, 0) is 64.2 Å². The van der Waals surface area contributed by atoms with Crippen molar-refractivity contribution >= 4 is 11.9 Å². The standard InChI is InChI=1S/C43H82NO4.ClH/c1-6-8-10-12-14-16-18-20-22-24-26-28-30-32-34-36-38-47-43(46)39-41(40-44(3,4)5)48-42(45)37-35-33-31-29-27-25-23-21-19-17-15-13-11-9-7-2;/h20-23,41H,6-19,24-40H2,1-5H3;1H/q+1;/p-1/b22-20-,23-21-;. The van der Waals surface area contributed by atoms with Crippen LogP contribution in [0, 0.1) is 0 Å². The third-order valence-electron chi connectivity index (χ3n) is 9.01. The van der Waals surface area contributed by atoms with Gasteiger partial charge in [-0.3, -0.25) is 9.59 Å². The minimum Gasteiger partial charge on any atom is -1.00 e. The van der Waals surface area contributed by atoms with E-state index in [1.807, 2.05) is 0 Å². The predicted octanol–water partition coefficient (Wildman–Crippen LogP) is 9.62. The van der Waals surface area contributed by atoms with Gasteiger partial charge in [0.2, 0.25) is 0 Å². The first-order valence-electron chi connectivity index (χ1n) is 20.7. The van der Waals surface area contributed by atoms with E-state index in [2.05, 4.69) is 59.3 Å². The molecule has 0 aromatic carbocycles. The quantitative estimate of drug-likeness (QED) is 0.0281. The smallest absolute Gasteiger partial charge is 0.309 e. The van der Waals surface area contributed by atoms with Gasteiger partial charge in [-0.2, -0.15) is 0 Å². The van der Waals surface area contributed by atoms with Gasteiger partial charge < -0.3 is 26.4 Å². The number of hydrogen-bond donors (Lipinski definition) is 0. The highest BCUT2D eigenvalue weighted by atomic mass is 35.5. The molecule has 0 saturated heterocycles. The highest BCUT2D eigenvalue weighted by molar-refractivity contribution is 5.72. The third kappa shape index (κ3) is 41.0. The molecule has 290 valence electrons. The average molecular weight is 713 g/mol. The van der Waals surface area contributed by atoms with Gasteiger partial charge in [0.25, 0.3) is 0 Å². The highest BCUT2D eigenvalue weighted by Crippen LogP contribution is 2.14. The number of rotatable bonds is 36. The molecular weight excluding hydrogens is 630 g/mol. The monoisotopic (exact) mass is 712 g/mol. The molecule has 0 spiro atoms. The molecule has 0 aliphatic rings. The molecule has 49 heavy (non-hydrogen) atoms. The van der Waals surface area contributed by atoms with Gasteiger partial charge >= 0.3 is 11.9 Å². The van der Waals surface area contributed by atoms with Crippen LogP contribution < -0.4 is 12.4 Å². The summed E-state index contributed by atoms with van der Waals surface area (Å²) < 4.78 is 11.9. The van der Waals surface area contributed by atoms with Crippen molar-refractivity contribution < 1.29 is 36.0 Å². The molecule has 6 heteroatoms. The molecule has 0 fully saturated rings. The molecule has 0 aliphatic heterocycles. The van der Waals surface area contributed by atoms with Gasteiger partial charge in [-0.1, -0.05) is 147 Å². The summed E-state index contributed by atoms with van der Waals surface area (Å²) in [6, 6.07) is 0. The SMILES string of the molecule is CCCCCCCC/C=C\CCCCCCCCOC(=O)CC(C[N+](C)(C)C)OC(=O)CCCCCCC/C=C\CCCCCCCC.[Cl-]. The number of allylic oxidation sites excluding steroid dienone is 4. The van der Waals surface area contributed by atoms with Crippen LogP contribution in [0.25, 0.3) is 0 Å². The van der Waals surface area contributed by atoms with Gasteiger partial charge in [-0.15, -0.1) is 0 Å². The summed E-state index contributed by atoms with van der Waals surface area (Å²) in [5, 5.41) is 0. The van der Waals surface area contributed by atoms with Crippen LogP contribution in [-0.2, 0) is 19.1 Å². The summed E-state index contributed by atoms with van der Waals surface area (Å²) >= 11 is 0. The molecule has 5 nitrogen and oxygen atoms in total. The Balaban J connectivity index is 0. The van der Waals surface area contributed by atoms with E-state index in [1.165, 1.54) is 135 Å². The Morgan fingerprint density at radius 3 is 1.29 bits per heavy atom. The molecule has 0 rings (SSSR count). The predicted molar refractivity (Wildman–Crippen MR) is 207 cm³/mol. The van der Waals surface area contributed by atoms with Crippen LogP contribution in [0.1, 0.15) is 200 Å². The minimum atomic E-state index is -0.437. The van der Waals surface area contributed by atoms with Crippen LogP contribution >= 0.6 is 0 Å². The first-order chi connectivity index (χ1) is 23.3. The molecule has 0 aromatic rings. The van der Waals surface area contributed by atoms with Gasteiger partial charge in [0.15, 0.2) is 6.10 Å². The number of unbranched alkanes of at least 4 members (excludes halogenated alkanes) is 23. The fraction of sp³-hybridized carbons (Fsp3) is 0.860. The van der Waals surface area contributed by atoms with Gasteiger partial charge in [-0.25, -0.2) is 0 Å². The first-order valence-corrected chi connectivity index (χ1v) is 20.7. The van der Waals surface area contributed by atoms with Crippen LogP contribution in [0.5, 0.6) is 0 Å². The largest absolute Gasteiger partial charge is 1.00 e. The van der Waals surface area contributed by atoms with Gasteiger partial charge in [0, 0.05) is 6.42 Å². The zero-order valence-corrected chi connectivity index (χ0v) is 34.0.